The molecule has 0 aliphatic heterocycles. The van der Waals surface area contributed by atoms with Gasteiger partial charge in [0.1, 0.15) is 6.26 Å². The molecule has 0 saturated heterocycles. The second-order valence-electron chi connectivity index (χ2n) is 3.25. The Morgan fingerprint density at radius 1 is 1.21 bits per heavy atom. The Balaban J connectivity index is 2.53. The molecule has 0 aliphatic carbocycles. The van der Waals surface area contributed by atoms with Gasteiger partial charge in [-0.05, 0) is 12.1 Å². The number of rotatable bonds is 2. The van der Waals surface area contributed by atoms with Crippen molar-refractivity contribution in [3.05, 3.63) is 36.7 Å². The Kier molecular flexibility index (Phi) is 2.23. The number of hydrogen-bond donors (Lipinski definition) is 0. The Bertz CT molecular complexity index is 407. The van der Waals surface area contributed by atoms with E-state index in [2.05, 4.69) is 4.98 Å². The molecule has 0 amide bonds. The van der Waals surface area contributed by atoms with Crippen molar-refractivity contribution in [3.8, 4) is 11.5 Å². The van der Waals surface area contributed by atoms with E-state index < -0.39 is 0 Å². The minimum Gasteiger partial charge on any atom is -0.444 e. The number of oxazole rings is 1. The Morgan fingerprint density at radius 3 is 2.64 bits per heavy atom. The van der Waals surface area contributed by atoms with Crippen molar-refractivity contribution >= 4 is 5.69 Å². The molecule has 3 nitrogen and oxygen atoms in total. The molecule has 0 N–H and O–H groups in total. The first-order chi connectivity index (χ1) is 6.79. The molecule has 0 atom stereocenters. The Hall–Kier alpha value is -1.77. The Labute approximate surface area is 83.0 Å². The second-order valence-corrected chi connectivity index (χ2v) is 3.25. The molecule has 1 aromatic carbocycles. The van der Waals surface area contributed by atoms with E-state index >= 15 is 0 Å². The number of aromatic nitrogens is 1. The lowest BCUT2D eigenvalue weighted by Crippen LogP contribution is -2.09. The predicted octanol–water partition coefficient (Wildman–Crippen LogP) is 2.41. The van der Waals surface area contributed by atoms with Crippen molar-refractivity contribution in [3.63, 3.8) is 0 Å². The lowest BCUT2D eigenvalue weighted by Gasteiger charge is -2.15. The summed E-state index contributed by atoms with van der Waals surface area (Å²) in [6.45, 7) is 0. The van der Waals surface area contributed by atoms with Crippen LogP contribution in [0.25, 0.3) is 11.5 Å². The van der Waals surface area contributed by atoms with Crippen molar-refractivity contribution < 1.29 is 4.42 Å². The summed E-state index contributed by atoms with van der Waals surface area (Å²) in [5, 5.41) is 0. The largest absolute Gasteiger partial charge is 0.444 e. The summed E-state index contributed by atoms with van der Waals surface area (Å²) in [4.78, 5) is 6.18. The van der Waals surface area contributed by atoms with Crippen LogP contribution in [0.2, 0.25) is 0 Å². The third-order valence-corrected chi connectivity index (χ3v) is 2.05. The lowest BCUT2D eigenvalue weighted by molar-refractivity contribution is 0.574. The summed E-state index contributed by atoms with van der Waals surface area (Å²) in [5.41, 5.74) is 2.12. The zero-order valence-electron chi connectivity index (χ0n) is 8.27. The highest BCUT2D eigenvalue weighted by Gasteiger charge is 2.08. The summed E-state index contributed by atoms with van der Waals surface area (Å²) in [6, 6.07) is 8.02. The molecule has 14 heavy (non-hydrogen) atoms. The maximum Gasteiger partial charge on any atom is 0.227 e. The molecule has 0 spiro atoms. The SMILES string of the molecule is CN(C)c1ccccc1-c1ncco1. The van der Waals surface area contributed by atoms with Crippen molar-refractivity contribution in [2.75, 3.05) is 19.0 Å². The average Bonchev–Trinajstić information content (AvgIpc) is 2.70. The zero-order chi connectivity index (χ0) is 9.97. The fourth-order valence-electron chi connectivity index (χ4n) is 1.40. The molecule has 0 saturated carbocycles. The molecule has 2 aromatic rings. The molecule has 72 valence electrons. The number of anilines is 1. The van der Waals surface area contributed by atoms with Gasteiger partial charge >= 0.3 is 0 Å². The summed E-state index contributed by atoms with van der Waals surface area (Å²) in [7, 11) is 4.00. The van der Waals surface area contributed by atoms with E-state index in [0.29, 0.717) is 5.89 Å². The molecule has 2 rings (SSSR count). The third kappa shape index (κ3) is 1.48. The maximum atomic E-state index is 5.27. The van der Waals surface area contributed by atoms with Crippen LogP contribution >= 0.6 is 0 Å². The van der Waals surface area contributed by atoms with Crippen LogP contribution in [0.4, 0.5) is 5.69 Å². The van der Waals surface area contributed by atoms with Gasteiger partial charge in [0.15, 0.2) is 0 Å². The van der Waals surface area contributed by atoms with Crippen molar-refractivity contribution in [2.45, 2.75) is 0 Å². The monoisotopic (exact) mass is 188 g/mol. The van der Waals surface area contributed by atoms with Gasteiger partial charge in [-0.1, -0.05) is 12.1 Å². The lowest BCUT2D eigenvalue weighted by atomic mass is 10.1. The average molecular weight is 188 g/mol. The van der Waals surface area contributed by atoms with E-state index in [-0.39, 0.29) is 0 Å². The van der Waals surface area contributed by atoms with Gasteiger partial charge in [-0.15, -0.1) is 0 Å². The molecule has 0 unspecified atom stereocenters. The summed E-state index contributed by atoms with van der Waals surface area (Å²) in [5.74, 6) is 0.661. The summed E-state index contributed by atoms with van der Waals surface area (Å²) in [6.07, 6.45) is 3.24. The normalized spacial score (nSPS) is 10.1. The number of nitrogens with zero attached hydrogens (tertiary/aromatic N) is 2. The molecule has 1 aromatic heterocycles. The molecule has 0 fully saturated rings. The van der Waals surface area contributed by atoms with E-state index in [9.17, 15) is 0 Å². The van der Waals surface area contributed by atoms with Crippen LogP contribution in [0, 0.1) is 0 Å². The van der Waals surface area contributed by atoms with Crippen LogP contribution in [-0.2, 0) is 0 Å². The molecule has 1 heterocycles. The van der Waals surface area contributed by atoms with Crippen LogP contribution < -0.4 is 4.90 Å². The number of benzene rings is 1. The summed E-state index contributed by atoms with van der Waals surface area (Å²) >= 11 is 0. The highest BCUT2D eigenvalue weighted by molar-refractivity contribution is 5.72. The maximum absolute atomic E-state index is 5.27. The second kappa shape index (κ2) is 3.54. The summed E-state index contributed by atoms with van der Waals surface area (Å²) < 4.78 is 5.27. The van der Waals surface area contributed by atoms with Crippen LogP contribution in [0.5, 0.6) is 0 Å². The van der Waals surface area contributed by atoms with Crippen molar-refractivity contribution in [2.24, 2.45) is 0 Å². The van der Waals surface area contributed by atoms with E-state index in [1.807, 2.05) is 43.3 Å². The fourth-order valence-corrected chi connectivity index (χ4v) is 1.40. The van der Waals surface area contributed by atoms with Gasteiger partial charge in [-0.2, -0.15) is 0 Å². The van der Waals surface area contributed by atoms with Gasteiger partial charge < -0.3 is 9.32 Å². The van der Waals surface area contributed by atoms with Gasteiger partial charge in [0.2, 0.25) is 5.89 Å². The van der Waals surface area contributed by atoms with E-state index in [1.165, 1.54) is 0 Å². The smallest absolute Gasteiger partial charge is 0.227 e. The van der Waals surface area contributed by atoms with Gasteiger partial charge in [0.25, 0.3) is 0 Å². The first kappa shape index (κ1) is 8.81. The van der Waals surface area contributed by atoms with Gasteiger partial charge in [0.05, 0.1) is 11.8 Å². The van der Waals surface area contributed by atoms with Crippen molar-refractivity contribution in [1.82, 2.24) is 4.98 Å². The van der Waals surface area contributed by atoms with Gasteiger partial charge in [-0.3, -0.25) is 0 Å². The molecular formula is C11H12N2O. The predicted molar refractivity (Wildman–Crippen MR) is 56.3 cm³/mol. The molecular weight excluding hydrogens is 176 g/mol. The van der Waals surface area contributed by atoms with Crippen LogP contribution in [0.15, 0.2) is 41.1 Å². The Morgan fingerprint density at radius 2 is 2.00 bits per heavy atom. The first-order valence-electron chi connectivity index (χ1n) is 4.45. The van der Waals surface area contributed by atoms with Crippen LogP contribution in [0.3, 0.4) is 0 Å². The highest BCUT2D eigenvalue weighted by atomic mass is 16.3. The zero-order valence-corrected chi connectivity index (χ0v) is 8.27. The molecule has 3 heteroatoms. The number of para-hydroxylation sites is 1. The van der Waals surface area contributed by atoms with Gasteiger partial charge in [-0.25, -0.2) is 4.98 Å². The fraction of sp³-hybridized carbons (Fsp3) is 0.182. The van der Waals surface area contributed by atoms with Crippen LogP contribution in [-0.4, -0.2) is 19.1 Å². The van der Waals surface area contributed by atoms with Gasteiger partial charge in [0, 0.05) is 19.8 Å². The van der Waals surface area contributed by atoms with E-state index in [4.69, 9.17) is 4.42 Å². The standard InChI is InChI=1S/C11H12N2O/c1-13(2)10-6-4-3-5-9(10)11-12-7-8-14-11/h3-8H,1-2H3. The quantitative estimate of drug-likeness (QED) is 0.724. The van der Waals surface area contributed by atoms with E-state index in [0.717, 1.165) is 11.3 Å². The minimum absolute atomic E-state index is 0.661. The molecule has 0 radical (unpaired) electrons. The van der Waals surface area contributed by atoms with Crippen LogP contribution in [0.1, 0.15) is 0 Å². The topological polar surface area (TPSA) is 29.3 Å². The minimum atomic E-state index is 0.661. The molecule has 0 bridgehead atoms. The molecule has 0 aliphatic rings. The number of hydrogen-bond acceptors (Lipinski definition) is 3. The third-order valence-electron chi connectivity index (χ3n) is 2.05. The van der Waals surface area contributed by atoms with E-state index in [1.54, 1.807) is 12.5 Å². The highest BCUT2D eigenvalue weighted by Crippen LogP contribution is 2.27. The first-order valence-corrected chi connectivity index (χ1v) is 4.45. The van der Waals surface area contributed by atoms with Crippen molar-refractivity contribution in [1.29, 1.82) is 0 Å².